The van der Waals surface area contributed by atoms with E-state index in [0.717, 1.165) is 27.7 Å². The van der Waals surface area contributed by atoms with Gasteiger partial charge in [-0.2, -0.15) is 0 Å². The van der Waals surface area contributed by atoms with E-state index in [1.54, 1.807) is 37.3 Å². The molecule has 4 aromatic rings. The van der Waals surface area contributed by atoms with Crippen LogP contribution in [0.1, 0.15) is 40.1 Å². The van der Waals surface area contributed by atoms with Gasteiger partial charge in [-0.1, -0.05) is 54.6 Å². The van der Waals surface area contributed by atoms with Crippen LogP contribution in [0, 0.1) is 6.92 Å². The van der Waals surface area contributed by atoms with Crippen molar-refractivity contribution in [3.8, 4) is 0 Å². The van der Waals surface area contributed by atoms with Gasteiger partial charge < -0.3 is 9.47 Å². The van der Waals surface area contributed by atoms with Crippen molar-refractivity contribution in [2.24, 2.45) is 7.05 Å². The Balaban J connectivity index is 1.52. The first-order chi connectivity index (χ1) is 17.2. The summed E-state index contributed by atoms with van der Waals surface area (Å²) in [7, 11) is -1.99. The maximum atomic E-state index is 13.6. The smallest absolute Gasteiger partial charge is 0.257 e. The summed E-state index contributed by atoms with van der Waals surface area (Å²) in [6.07, 6.45) is 0. The first-order valence-corrected chi connectivity index (χ1v) is 13.0. The summed E-state index contributed by atoms with van der Waals surface area (Å²) in [4.78, 5) is 30.5. The lowest BCUT2D eigenvalue weighted by Gasteiger charge is -2.31. The molecule has 0 aliphatic carbocycles. The maximum absolute atomic E-state index is 13.6. The van der Waals surface area contributed by atoms with Gasteiger partial charge in [0.15, 0.2) is 0 Å². The number of carbonyl (C=O) groups is 2. The number of aromatic nitrogens is 1. The number of hydrazine groups is 1. The summed E-state index contributed by atoms with van der Waals surface area (Å²) in [6.45, 7) is 3.60. The molecule has 0 radical (unpaired) electrons. The molecule has 9 heteroatoms. The monoisotopic (exact) mass is 502 g/mol. The number of nitrogens with zero attached hydrogens (tertiary/aromatic N) is 2. The molecule has 0 spiro atoms. The van der Waals surface area contributed by atoms with Crippen LogP contribution < -0.4 is 10.3 Å². The van der Waals surface area contributed by atoms with Gasteiger partial charge in [-0.15, -0.1) is 4.83 Å². The molecule has 2 heterocycles. The lowest BCUT2D eigenvalue weighted by molar-refractivity contribution is -0.126. The number of sulfonamides is 1. The zero-order valence-corrected chi connectivity index (χ0v) is 20.9. The van der Waals surface area contributed by atoms with Gasteiger partial charge in [-0.25, -0.2) is 8.42 Å². The van der Waals surface area contributed by atoms with E-state index >= 15 is 0 Å². The van der Waals surface area contributed by atoms with Crippen molar-refractivity contribution >= 4 is 32.7 Å². The average molecular weight is 503 g/mol. The summed E-state index contributed by atoms with van der Waals surface area (Å²) < 4.78 is 27.3. The fourth-order valence-corrected chi connectivity index (χ4v) is 5.80. The van der Waals surface area contributed by atoms with Crippen molar-refractivity contribution in [1.82, 2.24) is 19.7 Å². The fraction of sp³-hybridized carbons (Fsp3) is 0.185. The quantitative estimate of drug-likeness (QED) is 0.395. The second kappa shape index (κ2) is 8.92. The van der Waals surface area contributed by atoms with E-state index in [4.69, 9.17) is 0 Å². The van der Waals surface area contributed by atoms with Crippen LogP contribution in [0.25, 0.3) is 10.9 Å². The van der Waals surface area contributed by atoms with Crippen molar-refractivity contribution in [2.45, 2.75) is 30.8 Å². The lowest BCUT2D eigenvalue weighted by Crippen LogP contribution is -2.52. The third-order valence-electron chi connectivity index (χ3n) is 6.88. The topological polar surface area (TPSA) is 101 Å². The molecule has 2 N–H and O–H groups in total. The molecule has 0 bridgehead atoms. The Bertz CT molecular complexity index is 1590. The SMILES string of the molecule is Cc1c(C2c3ccccc3C(=O)N2C(C)C(=O)NNS(=O)(=O)c2ccccc2)c2ccccc2n1C. The van der Waals surface area contributed by atoms with E-state index in [9.17, 15) is 18.0 Å². The molecule has 5 rings (SSSR count). The van der Waals surface area contributed by atoms with Crippen LogP contribution in [-0.2, 0) is 21.9 Å². The van der Waals surface area contributed by atoms with Crippen LogP contribution in [0.5, 0.6) is 0 Å². The molecule has 8 nitrogen and oxygen atoms in total. The molecule has 36 heavy (non-hydrogen) atoms. The summed E-state index contributed by atoms with van der Waals surface area (Å²) in [5, 5.41) is 0.995. The Morgan fingerprint density at radius 3 is 2.33 bits per heavy atom. The van der Waals surface area contributed by atoms with Gasteiger partial charge in [0, 0.05) is 34.8 Å². The zero-order valence-electron chi connectivity index (χ0n) is 20.1. The van der Waals surface area contributed by atoms with Crippen LogP contribution in [0.4, 0.5) is 0 Å². The molecule has 2 unspecified atom stereocenters. The van der Waals surface area contributed by atoms with Crippen LogP contribution in [0.3, 0.4) is 0 Å². The van der Waals surface area contributed by atoms with Gasteiger partial charge in [-0.3, -0.25) is 15.0 Å². The molecule has 1 aliphatic heterocycles. The number of fused-ring (bicyclic) bond motifs is 2. The predicted molar refractivity (Wildman–Crippen MR) is 136 cm³/mol. The number of aryl methyl sites for hydroxylation is 1. The molecule has 184 valence electrons. The van der Waals surface area contributed by atoms with Crippen LogP contribution in [0.15, 0.2) is 83.8 Å². The van der Waals surface area contributed by atoms with Crippen LogP contribution in [0.2, 0.25) is 0 Å². The van der Waals surface area contributed by atoms with Gasteiger partial charge in [0.1, 0.15) is 6.04 Å². The second-order valence-corrected chi connectivity index (χ2v) is 10.5. The number of carbonyl (C=O) groups excluding carboxylic acids is 2. The van der Waals surface area contributed by atoms with Crippen LogP contribution >= 0.6 is 0 Å². The van der Waals surface area contributed by atoms with Gasteiger partial charge in [0.25, 0.3) is 21.8 Å². The highest BCUT2D eigenvalue weighted by Gasteiger charge is 2.44. The Labute approximate surface area is 209 Å². The molecule has 1 aromatic heterocycles. The minimum atomic E-state index is -3.97. The minimum absolute atomic E-state index is 0.0202. The molecule has 1 aliphatic rings. The first-order valence-electron chi connectivity index (χ1n) is 11.5. The number of nitrogens with one attached hydrogen (secondary N) is 2. The van der Waals surface area contributed by atoms with E-state index in [0.29, 0.717) is 5.56 Å². The van der Waals surface area contributed by atoms with Gasteiger partial charge in [0.05, 0.1) is 10.9 Å². The zero-order chi connectivity index (χ0) is 25.6. The summed E-state index contributed by atoms with van der Waals surface area (Å²) >= 11 is 0. The highest BCUT2D eigenvalue weighted by molar-refractivity contribution is 7.89. The van der Waals surface area contributed by atoms with E-state index in [1.807, 2.05) is 50.4 Å². The number of benzene rings is 3. The van der Waals surface area contributed by atoms with E-state index in [-0.39, 0.29) is 10.8 Å². The van der Waals surface area contributed by atoms with E-state index in [2.05, 4.69) is 14.8 Å². The summed E-state index contributed by atoms with van der Waals surface area (Å²) in [6, 6.07) is 21.6. The highest BCUT2D eigenvalue weighted by atomic mass is 32.2. The molecular formula is C27H26N4O4S. The Morgan fingerprint density at radius 1 is 0.944 bits per heavy atom. The number of rotatable bonds is 6. The van der Waals surface area contributed by atoms with Crippen molar-refractivity contribution in [2.75, 3.05) is 0 Å². The Morgan fingerprint density at radius 2 is 1.58 bits per heavy atom. The third-order valence-corrected chi connectivity index (χ3v) is 8.14. The Kier molecular flexibility index (Phi) is 5.89. The Hall–Kier alpha value is -3.95. The predicted octanol–water partition coefficient (Wildman–Crippen LogP) is 3.43. The van der Waals surface area contributed by atoms with Gasteiger partial charge >= 0.3 is 0 Å². The minimum Gasteiger partial charge on any atom is -0.348 e. The number of amides is 2. The van der Waals surface area contributed by atoms with Crippen LogP contribution in [-0.4, -0.2) is 35.7 Å². The standard InChI is InChI=1S/C27H26N4O4S/c1-17-24(22-15-9-10-16-23(22)30(17)3)25-20-13-7-8-14-21(20)27(33)31(25)18(2)26(32)28-29-36(34,35)19-11-5-4-6-12-19/h4-16,18,25,29H,1-3H3,(H,28,32). The molecular weight excluding hydrogens is 476 g/mol. The molecule has 2 atom stereocenters. The largest absolute Gasteiger partial charge is 0.348 e. The third kappa shape index (κ3) is 3.77. The van der Waals surface area contributed by atoms with E-state index in [1.165, 1.54) is 17.0 Å². The number of hydrogen-bond donors (Lipinski definition) is 2. The summed E-state index contributed by atoms with van der Waals surface area (Å²) in [5.41, 5.74) is 6.58. The molecule has 0 saturated carbocycles. The van der Waals surface area contributed by atoms with Crippen molar-refractivity contribution < 1.29 is 18.0 Å². The van der Waals surface area contributed by atoms with Crippen molar-refractivity contribution in [3.63, 3.8) is 0 Å². The lowest BCUT2D eigenvalue weighted by atomic mass is 9.95. The number of hydrogen-bond acceptors (Lipinski definition) is 4. The number of para-hydroxylation sites is 1. The van der Waals surface area contributed by atoms with E-state index < -0.39 is 28.0 Å². The average Bonchev–Trinajstić information content (AvgIpc) is 3.32. The molecule has 3 aromatic carbocycles. The van der Waals surface area contributed by atoms with Gasteiger partial charge in [-0.05, 0) is 43.7 Å². The second-order valence-electron chi connectivity index (χ2n) is 8.86. The normalized spacial score (nSPS) is 16.2. The van der Waals surface area contributed by atoms with Gasteiger partial charge in [0.2, 0.25) is 0 Å². The maximum Gasteiger partial charge on any atom is 0.257 e. The summed E-state index contributed by atoms with van der Waals surface area (Å²) in [5.74, 6) is -0.921. The molecule has 2 amide bonds. The molecule has 0 saturated heterocycles. The fourth-order valence-electron chi connectivity index (χ4n) is 4.93. The highest BCUT2D eigenvalue weighted by Crippen LogP contribution is 2.44. The molecule has 0 fully saturated rings. The first kappa shape index (κ1) is 23.8. The van der Waals surface area contributed by atoms with Crippen molar-refractivity contribution in [1.29, 1.82) is 0 Å². The van der Waals surface area contributed by atoms with Crippen molar-refractivity contribution in [3.05, 3.63) is 101 Å².